The maximum atomic E-state index is 12.1. The molecule has 0 radical (unpaired) electrons. The van der Waals surface area contributed by atoms with Crippen LogP contribution in [-0.2, 0) is 16.1 Å². The van der Waals surface area contributed by atoms with Gasteiger partial charge >= 0.3 is 5.97 Å². The number of hydrogen-bond acceptors (Lipinski definition) is 4. The number of amides is 1. The molecule has 2 aromatic rings. The van der Waals surface area contributed by atoms with Crippen LogP contribution in [0.25, 0.3) is 10.1 Å². The molecule has 2 N–H and O–H groups in total. The highest BCUT2D eigenvalue weighted by Crippen LogP contribution is 2.31. The van der Waals surface area contributed by atoms with E-state index in [2.05, 4.69) is 5.32 Å². The summed E-state index contributed by atoms with van der Waals surface area (Å²) >= 11 is 1.25. The molecule has 0 unspecified atom stereocenters. The number of fused-ring (bicyclic) bond motifs is 1. The van der Waals surface area contributed by atoms with Crippen LogP contribution < -0.4 is 5.32 Å². The van der Waals surface area contributed by atoms with Gasteiger partial charge in [-0.15, -0.1) is 11.3 Å². The van der Waals surface area contributed by atoms with Gasteiger partial charge in [0.2, 0.25) is 5.91 Å². The van der Waals surface area contributed by atoms with Crippen molar-refractivity contribution in [2.75, 3.05) is 13.2 Å². The largest absolute Gasteiger partial charge is 0.477 e. The molecular formula is C17H19NO4S. The highest BCUT2D eigenvalue weighted by Gasteiger charge is 2.20. The van der Waals surface area contributed by atoms with Crippen LogP contribution in [0.1, 0.15) is 34.5 Å². The third kappa shape index (κ3) is 3.71. The standard InChI is InChI=1S/C17H19NO4S/c19-15(9-11-5-7-22-8-6-11)18-10-13-12-3-1-2-4-14(12)23-16(13)17(20)21/h1-4,11H,5-10H2,(H,18,19)(H,20,21). The predicted molar refractivity (Wildman–Crippen MR) is 88.8 cm³/mol. The van der Waals surface area contributed by atoms with Gasteiger partial charge in [0, 0.05) is 36.4 Å². The van der Waals surface area contributed by atoms with Gasteiger partial charge in [-0.3, -0.25) is 4.79 Å². The maximum Gasteiger partial charge on any atom is 0.346 e. The van der Waals surface area contributed by atoms with Gasteiger partial charge in [-0.1, -0.05) is 18.2 Å². The van der Waals surface area contributed by atoms with E-state index in [0.717, 1.165) is 36.1 Å². The van der Waals surface area contributed by atoms with E-state index in [9.17, 15) is 14.7 Å². The number of carboxylic acids is 1. The lowest BCUT2D eigenvalue weighted by Crippen LogP contribution is -2.28. The topological polar surface area (TPSA) is 75.6 Å². The lowest BCUT2D eigenvalue weighted by Gasteiger charge is -2.21. The van der Waals surface area contributed by atoms with Gasteiger partial charge < -0.3 is 15.2 Å². The third-order valence-electron chi connectivity index (χ3n) is 4.17. The van der Waals surface area contributed by atoms with Gasteiger partial charge in [0.15, 0.2) is 0 Å². The second kappa shape index (κ2) is 7.10. The molecule has 1 aliphatic heterocycles. The predicted octanol–water partition coefficient (Wildman–Crippen LogP) is 3.03. The van der Waals surface area contributed by atoms with Gasteiger partial charge in [-0.05, 0) is 30.2 Å². The zero-order valence-corrected chi connectivity index (χ0v) is 13.5. The van der Waals surface area contributed by atoms with Crippen molar-refractivity contribution in [2.45, 2.75) is 25.8 Å². The van der Waals surface area contributed by atoms with Crippen molar-refractivity contribution in [1.82, 2.24) is 5.32 Å². The van der Waals surface area contributed by atoms with Crippen LogP contribution in [0, 0.1) is 5.92 Å². The fourth-order valence-corrected chi connectivity index (χ4v) is 3.98. The van der Waals surface area contributed by atoms with Gasteiger partial charge in [-0.25, -0.2) is 4.79 Å². The molecule has 1 aromatic heterocycles. The van der Waals surface area contributed by atoms with Gasteiger partial charge in [0.1, 0.15) is 4.88 Å². The number of benzene rings is 1. The fourth-order valence-electron chi connectivity index (χ4n) is 2.92. The van der Waals surface area contributed by atoms with Crippen LogP contribution >= 0.6 is 11.3 Å². The molecule has 1 aromatic carbocycles. The number of carboxylic acid groups (broad SMARTS) is 1. The summed E-state index contributed by atoms with van der Waals surface area (Å²) in [6.07, 6.45) is 2.30. The highest BCUT2D eigenvalue weighted by atomic mass is 32.1. The molecule has 1 aliphatic rings. The minimum atomic E-state index is -0.945. The van der Waals surface area contributed by atoms with Crippen LogP contribution in [0.5, 0.6) is 0 Å². The molecule has 0 bridgehead atoms. The Bertz CT molecular complexity index is 718. The van der Waals surface area contributed by atoms with Crippen LogP contribution in [0.3, 0.4) is 0 Å². The number of ether oxygens (including phenoxy) is 1. The summed E-state index contributed by atoms with van der Waals surface area (Å²) in [6, 6.07) is 7.57. The van der Waals surface area contributed by atoms with Crippen molar-refractivity contribution in [3.05, 3.63) is 34.7 Å². The molecule has 1 saturated heterocycles. The van der Waals surface area contributed by atoms with Crippen molar-refractivity contribution in [3.63, 3.8) is 0 Å². The number of thiophene rings is 1. The smallest absolute Gasteiger partial charge is 0.346 e. The number of nitrogens with one attached hydrogen (secondary N) is 1. The molecular weight excluding hydrogens is 314 g/mol. The Morgan fingerprint density at radius 1 is 1.26 bits per heavy atom. The second-order valence-corrected chi connectivity index (χ2v) is 6.80. The van der Waals surface area contributed by atoms with E-state index in [4.69, 9.17) is 4.74 Å². The number of carbonyl (C=O) groups is 2. The first-order chi connectivity index (χ1) is 11.1. The summed E-state index contributed by atoms with van der Waals surface area (Å²) < 4.78 is 6.22. The first-order valence-corrected chi connectivity index (χ1v) is 8.55. The summed E-state index contributed by atoms with van der Waals surface area (Å²) in [4.78, 5) is 23.9. The van der Waals surface area contributed by atoms with Crippen LogP contribution in [0.4, 0.5) is 0 Å². The molecule has 2 heterocycles. The number of rotatable bonds is 5. The number of carbonyl (C=O) groups excluding carboxylic acids is 1. The second-order valence-electron chi connectivity index (χ2n) is 5.75. The van der Waals surface area contributed by atoms with E-state index in [-0.39, 0.29) is 12.5 Å². The van der Waals surface area contributed by atoms with E-state index in [1.54, 1.807) is 0 Å². The lowest BCUT2D eigenvalue weighted by molar-refractivity contribution is -0.122. The number of aromatic carboxylic acids is 1. The van der Waals surface area contributed by atoms with E-state index in [1.165, 1.54) is 11.3 Å². The highest BCUT2D eigenvalue weighted by molar-refractivity contribution is 7.21. The Hall–Kier alpha value is -1.92. The minimum Gasteiger partial charge on any atom is -0.477 e. The van der Waals surface area contributed by atoms with Gasteiger partial charge in [-0.2, -0.15) is 0 Å². The lowest BCUT2D eigenvalue weighted by atomic mass is 9.96. The molecule has 6 heteroatoms. The molecule has 0 atom stereocenters. The third-order valence-corrected chi connectivity index (χ3v) is 5.37. The Morgan fingerprint density at radius 3 is 2.74 bits per heavy atom. The summed E-state index contributed by atoms with van der Waals surface area (Å²) in [7, 11) is 0. The van der Waals surface area contributed by atoms with Crippen molar-refractivity contribution < 1.29 is 19.4 Å². The van der Waals surface area contributed by atoms with E-state index < -0.39 is 5.97 Å². The Labute approximate surface area is 138 Å². The molecule has 0 saturated carbocycles. The normalized spacial score (nSPS) is 15.7. The van der Waals surface area contributed by atoms with Gasteiger partial charge in [0.05, 0.1) is 0 Å². The average molecular weight is 333 g/mol. The quantitative estimate of drug-likeness (QED) is 0.882. The summed E-state index contributed by atoms with van der Waals surface area (Å²) in [5, 5.41) is 13.2. The molecule has 3 rings (SSSR count). The van der Waals surface area contributed by atoms with E-state index in [0.29, 0.717) is 22.8 Å². The number of hydrogen-bond donors (Lipinski definition) is 2. The van der Waals surface area contributed by atoms with Crippen molar-refractivity contribution in [1.29, 1.82) is 0 Å². The zero-order chi connectivity index (χ0) is 16.2. The molecule has 0 aliphatic carbocycles. The first-order valence-electron chi connectivity index (χ1n) is 7.73. The zero-order valence-electron chi connectivity index (χ0n) is 12.7. The molecule has 0 spiro atoms. The van der Waals surface area contributed by atoms with E-state index in [1.807, 2.05) is 24.3 Å². The van der Waals surface area contributed by atoms with Crippen molar-refractivity contribution in [3.8, 4) is 0 Å². The van der Waals surface area contributed by atoms with Gasteiger partial charge in [0.25, 0.3) is 0 Å². The summed E-state index contributed by atoms with van der Waals surface area (Å²) in [5.41, 5.74) is 0.693. The average Bonchev–Trinajstić information content (AvgIpc) is 2.93. The minimum absolute atomic E-state index is 0.0245. The monoisotopic (exact) mass is 333 g/mol. The van der Waals surface area contributed by atoms with E-state index >= 15 is 0 Å². The molecule has 23 heavy (non-hydrogen) atoms. The maximum absolute atomic E-state index is 12.1. The van der Waals surface area contributed by atoms with Crippen LogP contribution in [0.2, 0.25) is 0 Å². The molecule has 1 fully saturated rings. The van der Waals surface area contributed by atoms with Crippen molar-refractivity contribution in [2.24, 2.45) is 5.92 Å². The Kier molecular flexibility index (Phi) is 4.93. The Balaban J connectivity index is 1.69. The first kappa shape index (κ1) is 16.0. The Morgan fingerprint density at radius 2 is 2.00 bits per heavy atom. The SMILES string of the molecule is O=C(CC1CCOCC1)NCc1c(C(=O)O)sc2ccccc12. The van der Waals surface area contributed by atoms with Crippen LogP contribution in [0.15, 0.2) is 24.3 Å². The molecule has 122 valence electrons. The molecule has 5 nitrogen and oxygen atoms in total. The summed E-state index contributed by atoms with van der Waals surface area (Å²) in [6.45, 7) is 1.69. The van der Waals surface area contributed by atoms with Crippen molar-refractivity contribution >= 4 is 33.3 Å². The van der Waals surface area contributed by atoms with Crippen LogP contribution in [-0.4, -0.2) is 30.2 Å². The summed E-state index contributed by atoms with van der Waals surface area (Å²) in [5.74, 6) is -0.606. The fraction of sp³-hybridized carbons (Fsp3) is 0.412. The molecule has 1 amide bonds.